The fourth-order valence-electron chi connectivity index (χ4n) is 1.67. The standard InChI is InChI=1S/C13H14N2O5S/c1-21(17,18)11-4-2-3-10(7-11)20-8-9-5-6-19-12(9)13(16)15-14/h2-7H,8,14H2,1H3,(H,15,16). The van der Waals surface area contributed by atoms with Gasteiger partial charge >= 0.3 is 5.91 Å². The van der Waals surface area contributed by atoms with Crippen LogP contribution in [0.4, 0.5) is 0 Å². The van der Waals surface area contributed by atoms with E-state index in [0.717, 1.165) is 6.26 Å². The zero-order chi connectivity index (χ0) is 15.5. The minimum absolute atomic E-state index is 0.0481. The molecular formula is C13H14N2O5S. The van der Waals surface area contributed by atoms with Crippen molar-refractivity contribution >= 4 is 15.7 Å². The lowest BCUT2D eigenvalue weighted by molar-refractivity contribution is 0.0922. The number of nitrogens with one attached hydrogen (secondary N) is 1. The van der Waals surface area contributed by atoms with Gasteiger partial charge in [-0.05, 0) is 24.3 Å². The van der Waals surface area contributed by atoms with Crippen LogP contribution >= 0.6 is 0 Å². The van der Waals surface area contributed by atoms with Crippen molar-refractivity contribution in [1.82, 2.24) is 5.43 Å². The maximum atomic E-state index is 11.5. The van der Waals surface area contributed by atoms with E-state index in [1.165, 1.54) is 18.4 Å². The van der Waals surface area contributed by atoms with Gasteiger partial charge in [0.05, 0.1) is 11.2 Å². The Balaban J connectivity index is 2.14. The Kier molecular flexibility index (Phi) is 4.29. The first-order valence-corrected chi connectivity index (χ1v) is 7.81. The number of carbonyl (C=O) groups excluding carboxylic acids is 1. The second-order valence-corrected chi connectivity index (χ2v) is 6.30. The SMILES string of the molecule is CS(=O)(=O)c1cccc(OCc2ccoc2C(=O)NN)c1. The number of nitrogen functional groups attached to an aromatic ring is 1. The summed E-state index contributed by atoms with van der Waals surface area (Å²) in [6.07, 6.45) is 2.46. The van der Waals surface area contributed by atoms with Gasteiger partial charge in [-0.1, -0.05) is 6.07 Å². The van der Waals surface area contributed by atoms with E-state index in [9.17, 15) is 13.2 Å². The number of furan rings is 1. The van der Waals surface area contributed by atoms with Crippen molar-refractivity contribution in [3.63, 3.8) is 0 Å². The van der Waals surface area contributed by atoms with Gasteiger partial charge in [0.15, 0.2) is 15.6 Å². The molecule has 0 aliphatic heterocycles. The van der Waals surface area contributed by atoms with Crippen LogP contribution in [0.1, 0.15) is 16.1 Å². The van der Waals surface area contributed by atoms with Gasteiger partial charge in [0.25, 0.3) is 0 Å². The van der Waals surface area contributed by atoms with Gasteiger partial charge in [0.2, 0.25) is 0 Å². The molecule has 8 heteroatoms. The number of hydrogen-bond donors (Lipinski definition) is 2. The van der Waals surface area contributed by atoms with Crippen LogP contribution in [-0.4, -0.2) is 20.6 Å². The van der Waals surface area contributed by atoms with Crippen LogP contribution in [0.15, 0.2) is 45.9 Å². The largest absolute Gasteiger partial charge is 0.489 e. The van der Waals surface area contributed by atoms with Crippen molar-refractivity contribution in [2.75, 3.05) is 6.26 Å². The van der Waals surface area contributed by atoms with Crippen LogP contribution in [0.25, 0.3) is 0 Å². The zero-order valence-electron chi connectivity index (χ0n) is 11.2. The Hall–Kier alpha value is -2.32. The number of amides is 1. The van der Waals surface area contributed by atoms with E-state index in [-0.39, 0.29) is 17.3 Å². The van der Waals surface area contributed by atoms with Crippen LogP contribution in [0.2, 0.25) is 0 Å². The maximum absolute atomic E-state index is 11.5. The van der Waals surface area contributed by atoms with Crippen molar-refractivity contribution < 1.29 is 22.4 Å². The van der Waals surface area contributed by atoms with Gasteiger partial charge in [-0.25, -0.2) is 14.3 Å². The normalized spacial score (nSPS) is 11.1. The van der Waals surface area contributed by atoms with Gasteiger partial charge in [0, 0.05) is 11.8 Å². The molecule has 0 saturated carbocycles. The van der Waals surface area contributed by atoms with Crippen molar-refractivity contribution in [2.45, 2.75) is 11.5 Å². The van der Waals surface area contributed by atoms with E-state index in [1.54, 1.807) is 18.2 Å². The Morgan fingerprint density at radius 2 is 2.14 bits per heavy atom. The number of ether oxygens (including phenoxy) is 1. The van der Waals surface area contributed by atoms with E-state index >= 15 is 0 Å². The first kappa shape index (κ1) is 15.1. The third-order valence-electron chi connectivity index (χ3n) is 2.71. The molecule has 0 aliphatic carbocycles. The summed E-state index contributed by atoms with van der Waals surface area (Å²) in [5.74, 6) is 4.90. The Morgan fingerprint density at radius 3 is 2.81 bits per heavy atom. The lowest BCUT2D eigenvalue weighted by Gasteiger charge is -2.07. The highest BCUT2D eigenvalue weighted by Gasteiger charge is 2.15. The van der Waals surface area contributed by atoms with Crippen LogP contribution in [0.5, 0.6) is 5.75 Å². The molecule has 0 bridgehead atoms. The van der Waals surface area contributed by atoms with E-state index < -0.39 is 15.7 Å². The third kappa shape index (κ3) is 3.61. The molecule has 21 heavy (non-hydrogen) atoms. The summed E-state index contributed by atoms with van der Waals surface area (Å²) in [6, 6.07) is 7.67. The summed E-state index contributed by atoms with van der Waals surface area (Å²) < 4.78 is 33.4. The van der Waals surface area contributed by atoms with E-state index in [4.69, 9.17) is 15.0 Å². The molecule has 0 unspecified atom stereocenters. The topological polar surface area (TPSA) is 112 Å². The number of hydrazine groups is 1. The van der Waals surface area contributed by atoms with E-state index in [2.05, 4.69) is 0 Å². The van der Waals surface area contributed by atoms with E-state index in [1.807, 2.05) is 5.43 Å². The summed E-state index contributed by atoms with van der Waals surface area (Å²) in [5.41, 5.74) is 2.47. The highest BCUT2D eigenvalue weighted by atomic mass is 32.2. The highest BCUT2D eigenvalue weighted by Crippen LogP contribution is 2.19. The van der Waals surface area contributed by atoms with Crippen molar-refractivity contribution in [3.8, 4) is 5.75 Å². The Labute approximate surface area is 121 Å². The number of benzene rings is 1. The number of nitrogens with two attached hydrogens (primary N) is 1. The molecule has 0 spiro atoms. The molecule has 2 rings (SSSR count). The average molecular weight is 310 g/mol. The summed E-state index contributed by atoms with van der Waals surface area (Å²) in [5, 5.41) is 0. The monoisotopic (exact) mass is 310 g/mol. The fourth-order valence-corrected chi connectivity index (χ4v) is 2.33. The molecular weight excluding hydrogens is 296 g/mol. The van der Waals surface area contributed by atoms with Gasteiger partial charge in [0.1, 0.15) is 12.4 Å². The number of hydrogen-bond acceptors (Lipinski definition) is 6. The predicted molar refractivity (Wildman–Crippen MR) is 74.2 cm³/mol. The van der Waals surface area contributed by atoms with Crippen molar-refractivity contribution in [3.05, 3.63) is 47.9 Å². The maximum Gasteiger partial charge on any atom is 0.301 e. The molecule has 0 atom stereocenters. The van der Waals surface area contributed by atoms with Crippen LogP contribution in [-0.2, 0) is 16.4 Å². The Bertz CT molecular complexity index is 751. The molecule has 0 radical (unpaired) electrons. The predicted octanol–water partition coefficient (Wildman–Crippen LogP) is 0.866. The third-order valence-corrected chi connectivity index (χ3v) is 3.82. The summed E-state index contributed by atoms with van der Waals surface area (Å²) >= 11 is 0. The van der Waals surface area contributed by atoms with Crippen LogP contribution in [0.3, 0.4) is 0 Å². The first-order valence-electron chi connectivity index (χ1n) is 5.92. The molecule has 1 aromatic heterocycles. The van der Waals surface area contributed by atoms with Crippen LogP contribution in [0, 0.1) is 0 Å². The summed E-state index contributed by atoms with van der Waals surface area (Å²) in [6.45, 7) is 0.0481. The molecule has 0 saturated heterocycles. The van der Waals surface area contributed by atoms with Crippen molar-refractivity contribution in [2.24, 2.45) is 5.84 Å². The first-order chi connectivity index (χ1) is 9.91. The van der Waals surface area contributed by atoms with Gasteiger partial charge in [-0.2, -0.15) is 0 Å². The molecule has 1 heterocycles. The lowest BCUT2D eigenvalue weighted by atomic mass is 10.2. The molecule has 0 aliphatic rings. The molecule has 0 fully saturated rings. The molecule has 7 nitrogen and oxygen atoms in total. The summed E-state index contributed by atoms with van der Waals surface area (Å²) in [7, 11) is -3.30. The Morgan fingerprint density at radius 1 is 1.38 bits per heavy atom. The highest BCUT2D eigenvalue weighted by molar-refractivity contribution is 7.90. The quantitative estimate of drug-likeness (QED) is 0.481. The van der Waals surface area contributed by atoms with Gasteiger partial charge < -0.3 is 9.15 Å². The van der Waals surface area contributed by atoms with Crippen LogP contribution < -0.4 is 16.0 Å². The second kappa shape index (κ2) is 5.98. The molecule has 3 N–H and O–H groups in total. The van der Waals surface area contributed by atoms with Crippen molar-refractivity contribution in [1.29, 1.82) is 0 Å². The number of sulfone groups is 1. The van der Waals surface area contributed by atoms with E-state index in [0.29, 0.717) is 11.3 Å². The average Bonchev–Trinajstić information content (AvgIpc) is 2.92. The smallest absolute Gasteiger partial charge is 0.301 e. The fraction of sp³-hybridized carbons (Fsp3) is 0.154. The number of carbonyl (C=O) groups is 1. The zero-order valence-corrected chi connectivity index (χ0v) is 12.0. The lowest BCUT2D eigenvalue weighted by Crippen LogP contribution is -2.30. The summed E-state index contributed by atoms with van der Waals surface area (Å²) in [4.78, 5) is 11.6. The minimum Gasteiger partial charge on any atom is -0.489 e. The minimum atomic E-state index is -3.30. The van der Waals surface area contributed by atoms with Gasteiger partial charge in [-0.3, -0.25) is 10.2 Å². The molecule has 1 aromatic carbocycles. The second-order valence-electron chi connectivity index (χ2n) is 4.28. The van der Waals surface area contributed by atoms with Gasteiger partial charge in [-0.15, -0.1) is 0 Å². The molecule has 1 amide bonds. The number of rotatable bonds is 5. The molecule has 2 aromatic rings. The molecule has 112 valence electrons.